The van der Waals surface area contributed by atoms with Gasteiger partial charge in [-0.25, -0.2) is 0 Å². The minimum Gasteiger partial charge on any atom is -0.507 e. The summed E-state index contributed by atoms with van der Waals surface area (Å²) in [4.78, 5) is 27.7. The van der Waals surface area contributed by atoms with Crippen molar-refractivity contribution in [1.82, 2.24) is 4.90 Å². The van der Waals surface area contributed by atoms with E-state index < -0.39 is 17.7 Å². The molecule has 1 N–H and O–H groups in total. The lowest BCUT2D eigenvalue weighted by atomic mass is 9.93. The quantitative estimate of drug-likeness (QED) is 0.308. The van der Waals surface area contributed by atoms with E-state index in [9.17, 15) is 14.7 Å². The fraction of sp³-hybridized carbons (Fsp3) is 0.259. The average Bonchev–Trinajstić information content (AvgIpc) is 3.07. The molecule has 3 aromatic rings. The SMILES string of the molecule is CCCCN1C(=O)C(=O)/C(=C(\O)c2cccc3ccccc23)C1c1ccc(OCC)cc1. The maximum atomic E-state index is 13.1. The van der Waals surface area contributed by atoms with Crippen LogP contribution in [0.15, 0.2) is 72.3 Å². The Morgan fingerprint density at radius 1 is 0.969 bits per heavy atom. The highest BCUT2D eigenvalue weighted by Gasteiger charge is 2.45. The molecule has 5 heteroatoms. The number of ether oxygens (including phenoxy) is 1. The first-order chi connectivity index (χ1) is 15.6. The number of nitrogens with zero attached hydrogens (tertiary/aromatic N) is 1. The van der Waals surface area contributed by atoms with Gasteiger partial charge in [-0.15, -0.1) is 0 Å². The van der Waals surface area contributed by atoms with Gasteiger partial charge >= 0.3 is 0 Å². The second-order valence-corrected chi connectivity index (χ2v) is 7.87. The molecule has 1 unspecified atom stereocenters. The smallest absolute Gasteiger partial charge is 0.295 e. The van der Waals surface area contributed by atoms with Gasteiger partial charge in [0.2, 0.25) is 0 Å². The molecule has 0 aromatic heterocycles. The zero-order valence-corrected chi connectivity index (χ0v) is 18.4. The summed E-state index contributed by atoms with van der Waals surface area (Å²) >= 11 is 0. The van der Waals surface area contributed by atoms with Crippen molar-refractivity contribution >= 4 is 28.2 Å². The molecule has 5 nitrogen and oxygen atoms in total. The third-order valence-corrected chi connectivity index (χ3v) is 5.84. The van der Waals surface area contributed by atoms with E-state index in [2.05, 4.69) is 0 Å². The highest BCUT2D eigenvalue weighted by molar-refractivity contribution is 6.46. The van der Waals surface area contributed by atoms with Crippen LogP contribution in [-0.4, -0.2) is 34.8 Å². The number of rotatable bonds is 7. The number of carbonyl (C=O) groups excluding carboxylic acids is 2. The van der Waals surface area contributed by atoms with Crippen LogP contribution < -0.4 is 4.74 Å². The average molecular weight is 430 g/mol. The first kappa shape index (κ1) is 21.6. The highest BCUT2D eigenvalue weighted by atomic mass is 16.5. The summed E-state index contributed by atoms with van der Waals surface area (Å²) in [6.07, 6.45) is 1.66. The van der Waals surface area contributed by atoms with E-state index in [1.807, 2.05) is 74.5 Å². The van der Waals surface area contributed by atoms with Gasteiger partial charge in [0.15, 0.2) is 0 Å². The zero-order valence-electron chi connectivity index (χ0n) is 18.4. The molecular weight excluding hydrogens is 402 g/mol. The lowest BCUT2D eigenvalue weighted by Gasteiger charge is -2.25. The molecule has 1 aliphatic rings. The summed E-state index contributed by atoms with van der Waals surface area (Å²) in [5, 5.41) is 13.2. The number of ketones is 1. The molecule has 1 fully saturated rings. The molecule has 1 heterocycles. The summed E-state index contributed by atoms with van der Waals surface area (Å²) in [6.45, 7) is 4.96. The van der Waals surface area contributed by atoms with E-state index in [0.29, 0.717) is 18.7 Å². The molecule has 0 radical (unpaired) electrons. The van der Waals surface area contributed by atoms with Crippen molar-refractivity contribution in [2.24, 2.45) is 0 Å². The molecule has 0 bridgehead atoms. The largest absolute Gasteiger partial charge is 0.507 e. The predicted octanol–water partition coefficient (Wildman–Crippen LogP) is 5.46. The lowest BCUT2D eigenvalue weighted by molar-refractivity contribution is -0.139. The molecular formula is C27H27NO4. The summed E-state index contributed by atoms with van der Waals surface area (Å²) in [6, 6.07) is 20.0. The number of likely N-dealkylation sites (tertiary alicyclic amines) is 1. The van der Waals surface area contributed by atoms with Crippen LogP contribution in [-0.2, 0) is 9.59 Å². The highest BCUT2D eigenvalue weighted by Crippen LogP contribution is 2.41. The van der Waals surface area contributed by atoms with E-state index in [0.717, 1.165) is 34.9 Å². The van der Waals surface area contributed by atoms with Crippen LogP contribution in [0, 0.1) is 0 Å². The van der Waals surface area contributed by atoms with Crippen molar-refractivity contribution in [3.05, 3.63) is 83.4 Å². The van der Waals surface area contributed by atoms with Crippen LogP contribution in [0.5, 0.6) is 5.75 Å². The molecule has 1 aliphatic heterocycles. The van der Waals surface area contributed by atoms with E-state index in [1.54, 1.807) is 11.0 Å². The van der Waals surface area contributed by atoms with Crippen LogP contribution in [0.25, 0.3) is 16.5 Å². The van der Waals surface area contributed by atoms with E-state index in [4.69, 9.17) is 4.74 Å². The summed E-state index contributed by atoms with van der Waals surface area (Å²) in [5.41, 5.74) is 1.45. The number of benzene rings is 3. The van der Waals surface area contributed by atoms with E-state index in [-0.39, 0.29) is 11.3 Å². The van der Waals surface area contributed by atoms with Crippen LogP contribution in [0.3, 0.4) is 0 Å². The van der Waals surface area contributed by atoms with Gasteiger partial charge in [-0.2, -0.15) is 0 Å². The van der Waals surface area contributed by atoms with Gasteiger partial charge in [0.25, 0.3) is 11.7 Å². The molecule has 164 valence electrons. The molecule has 0 saturated carbocycles. The Labute approximate surface area is 187 Å². The maximum Gasteiger partial charge on any atom is 0.295 e. The van der Waals surface area contributed by atoms with Gasteiger partial charge in [0, 0.05) is 12.1 Å². The van der Waals surface area contributed by atoms with Gasteiger partial charge < -0.3 is 14.7 Å². The van der Waals surface area contributed by atoms with E-state index in [1.165, 1.54) is 0 Å². The minimum absolute atomic E-state index is 0.131. The van der Waals surface area contributed by atoms with Gasteiger partial charge in [-0.3, -0.25) is 9.59 Å². The predicted molar refractivity (Wildman–Crippen MR) is 125 cm³/mol. The normalized spacial score (nSPS) is 17.8. The third-order valence-electron chi connectivity index (χ3n) is 5.84. The van der Waals surface area contributed by atoms with E-state index >= 15 is 0 Å². The molecule has 1 amide bonds. The minimum atomic E-state index is -0.648. The van der Waals surface area contributed by atoms with Crippen molar-refractivity contribution < 1.29 is 19.4 Å². The number of fused-ring (bicyclic) bond motifs is 1. The summed E-state index contributed by atoms with van der Waals surface area (Å²) in [7, 11) is 0. The molecule has 0 spiro atoms. The second-order valence-electron chi connectivity index (χ2n) is 7.87. The van der Waals surface area contributed by atoms with Crippen molar-refractivity contribution in [1.29, 1.82) is 0 Å². The number of Topliss-reactive ketones (excluding diaryl/α,β-unsaturated/α-hetero) is 1. The first-order valence-electron chi connectivity index (χ1n) is 11.1. The Bertz CT molecular complexity index is 1170. The Balaban J connectivity index is 1.88. The monoisotopic (exact) mass is 429 g/mol. The first-order valence-corrected chi connectivity index (χ1v) is 11.1. The van der Waals surface area contributed by atoms with Gasteiger partial charge in [-0.1, -0.05) is 67.9 Å². The zero-order chi connectivity index (χ0) is 22.7. The number of unbranched alkanes of at least 4 members (excludes halogenated alkanes) is 1. The Hall–Kier alpha value is -3.60. The van der Waals surface area contributed by atoms with Gasteiger partial charge in [0.05, 0.1) is 18.2 Å². The standard InChI is InChI=1S/C27H27NO4/c1-3-5-17-28-24(19-13-15-20(16-14-19)32-4-2)23(26(30)27(28)31)25(29)22-12-8-10-18-9-6-7-11-21(18)22/h6-16,24,29H,3-5,17H2,1-2H3/b25-23-. The lowest BCUT2D eigenvalue weighted by Crippen LogP contribution is -2.30. The molecule has 1 saturated heterocycles. The third kappa shape index (κ3) is 3.86. The van der Waals surface area contributed by atoms with Crippen LogP contribution in [0.2, 0.25) is 0 Å². The fourth-order valence-corrected chi connectivity index (χ4v) is 4.28. The number of hydrogen-bond acceptors (Lipinski definition) is 4. The Morgan fingerprint density at radius 2 is 1.69 bits per heavy atom. The number of aliphatic hydroxyl groups excluding tert-OH is 1. The van der Waals surface area contributed by atoms with Crippen molar-refractivity contribution in [3.63, 3.8) is 0 Å². The maximum absolute atomic E-state index is 13.1. The molecule has 32 heavy (non-hydrogen) atoms. The summed E-state index contributed by atoms with van der Waals surface area (Å²) < 4.78 is 5.54. The fourth-order valence-electron chi connectivity index (χ4n) is 4.28. The number of carbonyl (C=O) groups is 2. The van der Waals surface area contributed by atoms with Crippen molar-refractivity contribution in [3.8, 4) is 5.75 Å². The second kappa shape index (κ2) is 9.27. The molecule has 1 atom stereocenters. The Morgan fingerprint density at radius 3 is 2.41 bits per heavy atom. The molecule has 4 rings (SSSR count). The number of hydrogen-bond donors (Lipinski definition) is 1. The summed E-state index contributed by atoms with van der Waals surface area (Å²) in [5.74, 6) is -0.640. The van der Waals surface area contributed by atoms with Gasteiger partial charge in [0.1, 0.15) is 11.5 Å². The van der Waals surface area contributed by atoms with Crippen molar-refractivity contribution in [2.45, 2.75) is 32.7 Å². The van der Waals surface area contributed by atoms with Crippen LogP contribution >= 0.6 is 0 Å². The van der Waals surface area contributed by atoms with Crippen LogP contribution in [0.4, 0.5) is 0 Å². The number of amides is 1. The number of aliphatic hydroxyl groups is 1. The Kier molecular flexibility index (Phi) is 6.26. The molecule has 0 aliphatic carbocycles. The van der Waals surface area contributed by atoms with Crippen LogP contribution in [0.1, 0.15) is 43.9 Å². The topological polar surface area (TPSA) is 66.8 Å². The molecule has 3 aromatic carbocycles. The van der Waals surface area contributed by atoms with Crippen molar-refractivity contribution in [2.75, 3.05) is 13.2 Å². The van der Waals surface area contributed by atoms with Gasteiger partial charge in [-0.05, 0) is 41.8 Å².